The number of hydrogen-bond donors (Lipinski definition) is 1. The fourth-order valence-corrected chi connectivity index (χ4v) is 3.92. The number of piperidine rings is 1. The highest BCUT2D eigenvalue weighted by molar-refractivity contribution is 4.97. The molecule has 0 spiro atoms. The summed E-state index contributed by atoms with van der Waals surface area (Å²) in [7, 11) is 0. The first kappa shape index (κ1) is 14.0. The van der Waals surface area contributed by atoms with Crippen LogP contribution >= 0.6 is 0 Å². The Bertz CT molecular complexity index is 377. The van der Waals surface area contributed by atoms with Crippen LogP contribution in [0.25, 0.3) is 0 Å². The Balaban J connectivity index is 1.45. The third-order valence-electron chi connectivity index (χ3n) is 4.84. The van der Waals surface area contributed by atoms with E-state index in [1.165, 1.54) is 51.6 Å². The second-order valence-electron chi connectivity index (χ2n) is 6.26. The fourth-order valence-electron chi connectivity index (χ4n) is 3.92. The van der Waals surface area contributed by atoms with E-state index < -0.39 is 0 Å². The van der Waals surface area contributed by atoms with E-state index in [1.54, 1.807) is 6.20 Å². The van der Waals surface area contributed by atoms with Crippen LogP contribution in [-0.2, 0) is 6.54 Å². The van der Waals surface area contributed by atoms with Gasteiger partial charge in [-0.2, -0.15) is 0 Å². The Kier molecular flexibility index (Phi) is 4.68. The number of hydrogen-bond acceptors (Lipinski definition) is 4. The van der Waals surface area contributed by atoms with Crippen molar-refractivity contribution in [3.63, 3.8) is 0 Å². The van der Waals surface area contributed by atoms with Crippen molar-refractivity contribution in [1.29, 1.82) is 0 Å². The summed E-state index contributed by atoms with van der Waals surface area (Å²) >= 11 is 0. The lowest BCUT2D eigenvalue weighted by atomic mass is 9.97. The summed E-state index contributed by atoms with van der Waals surface area (Å²) in [6, 6.07) is 2.40. The van der Waals surface area contributed by atoms with Crippen LogP contribution in [0.1, 0.15) is 45.4 Å². The van der Waals surface area contributed by atoms with Gasteiger partial charge in [-0.25, -0.2) is 0 Å². The maximum atomic E-state index is 4.04. The summed E-state index contributed by atoms with van der Waals surface area (Å²) in [6.07, 6.45) is 11.6. The van der Waals surface area contributed by atoms with Crippen molar-refractivity contribution in [3.8, 4) is 0 Å². The van der Waals surface area contributed by atoms with Crippen molar-refractivity contribution < 1.29 is 0 Å². The van der Waals surface area contributed by atoms with Crippen LogP contribution in [0.4, 0.5) is 0 Å². The number of aryl methyl sites for hydroxylation is 1. The first-order chi connectivity index (χ1) is 9.86. The van der Waals surface area contributed by atoms with Crippen molar-refractivity contribution in [2.24, 2.45) is 0 Å². The Morgan fingerprint density at radius 1 is 1.20 bits per heavy atom. The molecule has 5 nitrogen and oxygen atoms in total. The summed E-state index contributed by atoms with van der Waals surface area (Å²) in [5, 5.41) is 11.6. The molecular weight excluding hydrogens is 250 g/mol. The maximum absolute atomic E-state index is 4.04. The Labute approximate surface area is 121 Å². The topological polar surface area (TPSA) is 46.0 Å². The van der Waals surface area contributed by atoms with Gasteiger partial charge in [-0.3, -0.25) is 9.58 Å². The van der Waals surface area contributed by atoms with Gasteiger partial charge < -0.3 is 5.32 Å². The molecule has 2 bridgehead atoms. The predicted octanol–water partition coefficient (Wildman–Crippen LogP) is 1.66. The monoisotopic (exact) mass is 277 g/mol. The molecule has 0 amide bonds. The van der Waals surface area contributed by atoms with Crippen LogP contribution in [0.2, 0.25) is 0 Å². The van der Waals surface area contributed by atoms with E-state index >= 15 is 0 Å². The molecule has 1 aromatic rings. The number of nitrogens with zero attached hydrogens (tertiary/aromatic N) is 4. The zero-order valence-corrected chi connectivity index (χ0v) is 12.5. The first-order valence-corrected chi connectivity index (χ1v) is 8.20. The Morgan fingerprint density at radius 2 is 2.00 bits per heavy atom. The molecule has 2 saturated heterocycles. The highest BCUT2D eigenvalue weighted by Gasteiger charge is 2.39. The third kappa shape index (κ3) is 3.20. The Morgan fingerprint density at radius 3 is 2.65 bits per heavy atom. The second-order valence-corrected chi connectivity index (χ2v) is 6.26. The van der Waals surface area contributed by atoms with Crippen molar-refractivity contribution in [2.45, 2.75) is 70.1 Å². The minimum absolute atomic E-state index is 0.763. The average molecular weight is 277 g/mol. The number of rotatable bonds is 7. The molecule has 2 unspecified atom stereocenters. The predicted molar refractivity (Wildman–Crippen MR) is 79.5 cm³/mol. The van der Waals surface area contributed by atoms with E-state index in [4.69, 9.17) is 0 Å². The molecule has 112 valence electrons. The SMILES string of the molecule is CCCNC1CC2CCC(C1)N2CCCn1ccnn1. The largest absolute Gasteiger partial charge is 0.314 e. The standard InChI is InChI=1S/C15H27N5/c1-2-6-16-13-11-14-4-5-15(12-13)20(14)9-3-8-19-10-7-17-18-19/h7,10,13-16H,2-6,8-9,11-12H2,1H3. The molecule has 3 heterocycles. The zero-order chi connectivity index (χ0) is 13.8. The van der Waals surface area contributed by atoms with E-state index in [0.717, 1.165) is 24.7 Å². The van der Waals surface area contributed by atoms with Crippen LogP contribution in [-0.4, -0.2) is 51.1 Å². The van der Waals surface area contributed by atoms with E-state index in [0.29, 0.717) is 0 Å². The first-order valence-electron chi connectivity index (χ1n) is 8.20. The van der Waals surface area contributed by atoms with Gasteiger partial charge in [0.1, 0.15) is 0 Å². The minimum Gasteiger partial charge on any atom is -0.314 e. The van der Waals surface area contributed by atoms with Crippen LogP contribution in [0.3, 0.4) is 0 Å². The molecule has 2 atom stereocenters. The summed E-state index contributed by atoms with van der Waals surface area (Å²) in [5.74, 6) is 0. The van der Waals surface area contributed by atoms with Gasteiger partial charge in [0.25, 0.3) is 0 Å². The van der Waals surface area contributed by atoms with Crippen LogP contribution in [0, 0.1) is 0 Å². The van der Waals surface area contributed by atoms with Crippen molar-refractivity contribution in [2.75, 3.05) is 13.1 Å². The molecule has 0 aromatic carbocycles. The molecule has 2 aliphatic heterocycles. The molecular formula is C15H27N5. The van der Waals surface area contributed by atoms with Gasteiger partial charge in [-0.15, -0.1) is 5.10 Å². The quantitative estimate of drug-likeness (QED) is 0.823. The third-order valence-corrected chi connectivity index (χ3v) is 4.84. The van der Waals surface area contributed by atoms with Crippen molar-refractivity contribution in [3.05, 3.63) is 12.4 Å². The van der Waals surface area contributed by atoms with Crippen LogP contribution < -0.4 is 5.32 Å². The highest BCUT2D eigenvalue weighted by atomic mass is 15.4. The lowest BCUT2D eigenvalue weighted by Gasteiger charge is -2.39. The van der Waals surface area contributed by atoms with Crippen LogP contribution in [0.15, 0.2) is 12.4 Å². The van der Waals surface area contributed by atoms with E-state index in [1.807, 2.05) is 10.9 Å². The summed E-state index contributed by atoms with van der Waals surface area (Å²) < 4.78 is 1.94. The smallest absolute Gasteiger partial charge is 0.0692 e. The molecule has 1 N–H and O–H groups in total. The van der Waals surface area contributed by atoms with Gasteiger partial charge in [0, 0.05) is 37.4 Å². The van der Waals surface area contributed by atoms with Gasteiger partial charge >= 0.3 is 0 Å². The molecule has 20 heavy (non-hydrogen) atoms. The summed E-state index contributed by atoms with van der Waals surface area (Å²) in [6.45, 7) is 5.64. The van der Waals surface area contributed by atoms with Gasteiger partial charge in [-0.05, 0) is 45.1 Å². The number of fused-ring (bicyclic) bond motifs is 2. The second kappa shape index (κ2) is 6.68. The highest BCUT2D eigenvalue weighted by Crippen LogP contribution is 2.35. The summed E-state index contributed by atoms with van der Waals surface area (Å²) in [5.41, 5.74) is 0. The molecule has 5 heteroatoms. The van der Waals surface area contributed by atoms with E-state index in [9.17, 15) is 0 Å². The fraction of sp³-hybridized carbons (Fsp3) is 0.867. The molecule has 2 fully saturated rings. The molecule has 0 saturated carbocycles. The number of nitrogens with one attached hydrogen (secondary N) is 1. The average Bonchev–Trinajstić information content (AvgIpc) is 3.04. The van der Waals surface area contributed by atoms with Gasteiger partial charge in [0.15, 0.2) is 0 Å². The number of aromatic nitrogens is 3. The van der Waals surface area contributed by atoms with Crippen molar-refractivity contribution >= 4 is 0 Å². The summed E-state index contributed by atoms with van der Waals surface area (Å²) in [4.78, 5) is 2.76. The Hall–Kier alpha value is -0.940. The van der Waals surface area contributed by atoms with E-state index in [2.05, 4.69) is 27.5 Å². The molecule has 3 rings (SSSR count). The maximum Gasteiger partial charge on any atom is 0.0692 e. The van der Waals surface area contributed by atoms with Gasteiger partial charge in [-0.1, -0.05) is 12.1 Å². The normalized spacial score (nSPS) is 29.9. The lowest BCUT2D eigenvalue weighted by Crippen LogP contribution is -2.49. The van der Waals surface area contributed by atoms with E-state index in [-0.39, 0.29) is 0 Å². The van der Waals surface area contributed by atoms with Crippen molar-refractivity contribution in [1.82, 2.24) is 25.2 Å². The molecule has 0 radical (unpaired) electrons. The minimum atomic E-state index is 0.763. The van der Waals surface area contributed by atoms with Crippen LogP contribution in [0.5, 0.6) is 0 Å². The lowest BCUT2D eigenvalue weighted by molar-refractivity contribution is 0.113. The van der Waals surface area contributed by atoms with Gasteiger partial charge in [0.2, 0.25) is 0 Å². The molecule has 1 aromatic heterocycles. The van der Waals surface area contributed by atoms with Gasteiger partial charge in [0.05, 0.1) is 6.20 Å². The molecule has 2 aliphatic rings. The molecule has 0 aliphatic carbocycles. The zero-order valence-electron chi connectivity index (χ0n) is 12.5.